The Hall–Kier alpha value is -1.15. The van der Waals surface area contributed by atoms with E-state index in [1.807, 2.05) is 0 Å². The third-order valence-corrected chi connectivity index (χ3v) is 2.35. The summed E-state index contributed by atoms with van der Waals surface area (Å²) in [5, 5.41) is 6.23. The summed E-state index contributed by atoms with van der Waals surface area (Å²) in [6.45, 7) is 1.34. The third kappa shape index (κ3) is 4.19. The quantitative estimate of drug-likeness (QED) is 0.469. The van der Waals surface area contributed by atoms with Gasteiger partial charge in [0.25, 0.3) is 10.1 Å². The first kappa shape index (κ1) is 12.8. The summed E-state index contributed by atoms with van der Waals surface area (Å²) in [6, 6.07) is 0. The van der Waals surface area contributed by atoms with Crippen LogP contribution in [0.2, 0.25) is 0 Å². The van der Waals surface area contributed by atoms with Gasteiger partial charge in [0.05, 0.1) is 13.0 Å². The van der Waals surface area contributed by atoms with Gasteiger partial charge in [0.15, 0.2) is 5.25 Å². The number of hydrogen-bond donors (Lipinski definition) is 2. The highest BCUT2D eigenvalue weighted by atomic mass is 32.2. The molecule has 0 aliphatic heterocycles. The normalized spacial score (nSPS) is 13.3. The van der Waals surface area contributed by atoms with E-state index in [0.717, 1.165) is 0 Å². The first-order valence-corrected chi connectivity index (χ1v) is 5.14. The zero-order chi connectivity index (χ0) is 11.4. The van der Waals surface area contributed by atoms with E-state index in [2.05, 4.69) is 4.74 Å². The highest BCUT2D eigenvalue weighted by molar-refractivity contribution is 7.87. The van der Waals surface area contributed by atoms with E-state index in [-0.39, 0.29) is 6.61 Å². The van der Waals surface area contributed by atoms with Crippen molar-refractivity contribution < 1.29 is 32.4 Å². The van der Waals surface area contributed by atoms with E-state index in [4.69, 9.17) is 9.66 Å². The molecule has 2 N–H and O–H groups in total. The molecule has 0 saturated carbocycles. The van der Waals surface area contributed by atoms with Gasteiger partial charge in [0.1, 0.15) is 0 Å². The Kier molecular flexibility index (Phi) is 4.51. The van der Waals surface area contributed by atoms with Crippen LogP contribution in [0.15, 0.2) is 0 Å². The molecule has 82 valence electrons. The van der Waals surface area contributed by atoms with E-state index < -0.39 is 33.7 Å². The molecule has 1 atom stereocenters. The largest absolute Gasteiger partial charge is 0.481 e. The Morgan fingerprint density at radius 2 is 1.93 bits per heavy atom. The molecule has 0 aliphatic carbocycles. The topological polar surface area (TPSA) is 118 Å². The summed E-state index contributed by atoms with van der Waals surface area (Å²) in [7, 11) is -4.74. The van der Waals surface area contributed by atoms with Gasteiger partial charge in [0, 0.05) is 0 Å². The smallest absolute Gasteiger partial charge is 0.327 e. The summed E-state index contributed by atoms with van der Waals surface area (Å²) in [4.78, 5) is 21.1. The molecule has 0 rings (SSSR count). The molecule has 0 saturated heterocycles. The molecule has 0 spiro atoms. The minimum Gasteiger partial charge on any atom is -0.481 e. The van der Waals surface area contributed by atoms with E-state index in [1.165, 1.54) is 6.92 Å². The Morgan fingerprint density at radius 1 is 1.43 bits per heavy atom. The standard InChI is InChI=1S/C6H10O7S/c1-2-13-6(9)4(3-5(7)8)14(10,11)12/h4H,2-3H2,1H3,(H,7,8)(H,10,11,12). The van der Waals surface area contributed by atoms with Crippen molar-refractivity contribution in [3.63, 3.8) is 0 Å². The zero-order valence-corrected chi connectivity index (χ0v) is 8.15. The van der Waals surface area contributed by atoms with Crippen LogP contribution < -0.4 is 0 Å². The van der Waals surface area contributed by atoms with E-state index in [9.17, 15) is 18.0 Å². The second-order valence-electron chi connectivity index (χ2n) is 2.35. The number of esters is 1. The number of carboxylic acid groups (broad SMARTS) is 1. The molecule has 0 amide bonds. The van der Waals surface area contributed by atoms with Crippen molar-refractivity contribution in [3.8, 4) is 0 Å². The molecule has 0 aromatic carbocycles. The van der Waals surface area contributed by atoms with Gasteiger partial charge >= 0.3 is 11.9 Å². The van der Waals surface area contributed by atoms with Crippen LogP contribution in [0, 0.1) is 0 Å². The van der Waals surface area contributed by atoms with Crippen LogP contribution in [0.3, 0.4) is 0 Å². The summed E-state index contributed by atoms with van der Waals surface area (Å²) < 4.78 is 34.0. The number of aliphatic carboxylic acids is 1. The van der Waals surface area contributed by atoms with Crippen LogP contribution in [0.5, 0.6) is 0 Å². The lowest BCUT2D eigenvalue weighted by molar-refractivity contribution is -0.147. The van der Waals surface area contributed by atoms with Gasteiger partial charge in [-0.15, -0.1) is 0 Å². The van der Waals surface area contributed by atoms with Gasteiger partial charge in [0.2, 0.25) is 0 Å². The minimum absolute atomic E-state index is 0.0928. The lowest BCUT2D eigenvalue weighted by Gasteiger charge is -2.09. The minimum atomic E-state index is -4.74. The molecule has 7 nitrogen and oxygen atoms in total. The SMILES string of the molecule is CCOC(=O)C(CC(=O)O)S(=O)(=O)O. The third-order valence-electron chi connectivity index (χ3n) is 1.27. The first-order valence-electron chi connectivity index (χ1n) is 3.63. The average Bonchev–Trinajstić information content (AvgIpc) is 1.98. The first-order chi connectivity index (χ1) is 6.29. The number of hydrogen-bond acceptors (Lipinski definition) is 5. The van der Waals surface area contributed by atoms with E-state index in [0.29, 0.717) is 0 Å². The number of rotatable bonds is 5. The molecule has 0 aromatic rings. The van der Waals surface area contributed by atoms with Gasteiger partial charge in [-0.05, 0) is 6.92 Å². The number of carboxylic acids is 1. The maximum Gasteiger partial charge on any atom is 0.327 e. The summed E-state index contributed by atoms with van der Waals surface area (Å²) in [5.41, 5.74) is 0. The van der Waals surface area contributed by atoms with Crippen LogP contribution in [0.25, 0.3) is 0 Å². The van der Waals surface area contributed by atoms with Crippen molar-refractivity contribution in [2.45, 2.75) is 18.6 Å². The van der Waals surface area contributed by atoms with Crippen molar-refractivity contribution >= 4 is 22.1 Å². The fourth-order valence-corrected chi connectivity index (χ4v) is 1.37. The lowest BCUT2D eigenvalue weighted by atomic mass is 10.3. The molecule has 0 heterocycles. The fourth-order valence-electron chi connectivity index (χ4n) is 0.704. The predicted octanol–water partition coefficient (Wildman–Crippen LogP) is -0.719. The van der Waals surface area contributed by atoms with Crippen LogP contribution >= 0.6 is 0 Å². The molecule has 0 fully saturated rings. The molecule has 0 bridgehead atoms. The zero-order valence-electron chi connectivity index (χ0n) is 7.34. The Morgan fingerprint density at radius 3 is 2.21 bits per heavy atom. The van der Waals surface area contributed by atoms with Crippen molar-refractivity contribution in [3.05, 3.63) is 0 Å². The lowest BCUT2D eigenvalue weighted by Crippen LogP contribution is -2.33. The summed E-state index contributed by atoms with van der Waals surface area (Å²) in [6.07, 6.45) is -1.02. The Bertz CT molecular complexity index is 317. The molecular formula is C6H10O7S. The molecule has 14 heavy (non-hydrogen) atoms. The highest BCUT2D eigenvalue weighted by Crippen LogP contribution is 2.06. The molecule has 8 heteroatoms. The van der Waals surface area contributed by atoms with Gasteiger partial charge in [-0.25, -0.2) is 0 Å². The van der Waals surface area contributed by atoms with Gasteiger partial charge in [-0.3, -0.25) is 14.1 Å². The van der Waals surface area contributed by atoms with Crippen molar-refractivity contribution in [2.75, 3.05) is 6.61 Å². The van der Waals surface area contributed by atoms with Gasteiger partial charge < -0.3 is 9.84 Å². The summed E-state index contributed by atoms with van der Waals surface area (Å²) >= 11 is 0. The second-order valence-corrected chi connectivity index (χ2v) is 3.95. The van der Waals surface area contributed by atoms with Crippen LogP contribution in [0.4, 0.5) is 0 Å². The predicted molar refractivity (Wildman–Crippen MR) is 44.2 cm³/mol. The maximum absolute atomic E-state index is 10.9. The van der Waals surface area contributed by atoms with Gasteiger partial charge in [-0.1, -0.05) is 0 Å². The van der Waals surface area contributed by atoms with Crippen LogP contribution in [-0.4, -0.2) is 41.9 Å². The van der Waals surface area contributed by atoms with E-state index in [1.54, 1.807) is 0 Å². The Balaban J connectivity index is 4.74. The maximum atomic E-state index is 10.9. The van der Waals surface area contributed by atoms with Crippen molar-refractivity contribution in [1.29, 1.82) is 0 Å². The number of carbonyl (C=O) groups is 2. The fraction of sp³-hybridized carbons (Fsp3) is 0.667. The second kappa shape index (κ2) is 4.91. The van der Waals surface area contributed by atoms with Gasteiger partial charge in [-0.2, -0.15) is 8.42 Å². The molecular weight excluding hydrogens is 216 g/mol. The monoisotopic (exact) mass is 226 g/mol. The molecule has 0 radical (unpaired) electrons. The molecule has 0 aromatic heterocycles. The molecule has 1 unspecified atom stereocenters. The molecule has 0 aliphatic rings. The average molecular weight is 226 g/mol. The van der Waals surface area contributed by atoms with Crippen molar-refractivity contribution in [1.82, 2.24) is 0 Å². The highest BCUT2D eigenvalue weighted by Gasteiger charge is 2.34. The number of carbonyl (C=O) groups excluding carboxylic acids is 1. The summed E-state index contributed by atoms with van der Waals surface area (Å²) in [5.74, 6) is -2.78. The Labute approximate surface area is 80.4 Å². The van der Waals surface area contributed by atoms with Crippen molar-refractivity contribution in [2.24, 2.45) is 0 Å². The number of ether oxygens (including phenoxy) is 1. The van der Waals surface area contributed by atoms with Crippen LogP contribution in [-0.2, 0) is 24.4 Å². The van der Waals surface area contributed by atoms with Crippen LogP contribution in [0.1, 0.15) is 13.3 Å². The van der Waals surface area contributed by atoms with E-state index >= 15 is 0 Å².